The highest BCUT2D eigenvalue weighted by atomic mass is 16.3. The second-order valence-electron chi connectivity index (χ2n) is 6.10. The van der Waals surface area contributed by atoms with E-state index in [4.69, 9.17) is 0 Å². The Kier molecular flexibility index (Phi) is 4.83. The first-order valence-electron chi connectivity index (χ1n) is 7.32. The van der Waals surface area contributed by atoms with E-state index in [9.17, 15) is 5.11 Å². The first-order valence-corrected chi connectivity index (χ1v) is 7.32. The van der Waals surface area contributed by atoms with E-state index in [1.165, 1.54) is 38.6 Å². The van der Waals surface area contributed by atoms with Gasteiger partial charge in [0, 0.05) is 18.1 Å². The predicted octanol–water partition coefficient (Wildman–Crippen LogP) is 1.51. The molecule has 0 aromatic carbocycles. The lowest BCUT2D eigenvalue weighted by molar-refractivity contribution is 0.182. The van der Waals surface area contributed by atoms with Gasteiger partial charge in [0.2, 0.25) is 0 Å². The average molecular weight is 240 g/mol. The molecule has 2 aliphatic rings. The van der Waals surface area contributed by atoms with Crippen molar-refractivity contribution >= 4 is 0 Å². The standard InChI is InChI=1S/C14H28N2O/c1-10(2)14(9-17)16-13-6-3-5-11(13)12-7-4-8-15-12/h10-17H,3-9H2,1-2H3/t11?,12?,13?,14-/m1/s1. The number of aliphatic hydroxyl groups excluding tert-OH is 1. The van der Waals surface area contributed by atoms with Crippen molar-refractivity contribution in [3.8, 4) is 0 Å². The first-order chi connectivity index (χ1) is 8.22. The molecule has 3 unspecified atom stereocenters. The Bertz CT molecular complexity index is 226. The van der Waals surface area contributed by atoms with E-state index < -0.39 is 0 Å². The van der Waals surface area contributed by atoms with E-state index in [0.29, 0.717) is 12.0 Å². The minimum Gasteiger partial charge on any atom is -0.395 e. The maximum absolute atomic E-state index is 9.43. The van der Waals surface area contributed by atoms with Gasteiger partial charge in [-0.1, -0.05) is 20.3 Å². The summed E-state index contributed by atoms with van der Waals surface area (Å²) in [5, 5.41) is 16.8. The normalized spacial score (nSPS) is 35.6. The summed E-state index contributed by atoms with van der Waals surface area (Å²) in [7, 11) is 0. The van der Waals surface area contributed by atoms with Crippen LogP contribution in [0.15, 0.2) is 0 Å². The topological polar surface area (TPSA) is 44.3 Å². The van der Waals surface area contributed by atoms with Crippen molar-refractivity contribution in [3.05, 3.63) is 0 Å². The van der Waals surface area contributed by atoms with Crippen LogP contribution in [0, 0.1) is 11.8 Å². The molecular weight excluding hydrogens is 212 g/mol. The minimum absolute atomic E-state index is 0.263. The summed E-state index contributed by atoms with van der Waals surface area (Å²) < 4.78 is 0. The zero-order chi connectivity index (χ0) is 12.3. The molecule has 17 heavy (non-hydrogen) atoms. The van der Waals surface area contributed by atoms with Gasteiger partial charge in [0.1, 0.15) is 0 Å². The van der Waals surface area contributed by atoms with Crippen molar-refractivity contribution in [2.45, 2.75) is 64.1 Å². The average Bonchev–Trinajstić information content (AvgIpc) is 2.95. The maximum atomic E-state index is 9.43. The van der Waals surface area contributed by atoms with Crippen molar-refractivity contribution in [2.75, 3.05) is 13.2 Å². The quantitative estimate of drug-likeness (QED) is 0.682. The Hall–Kier alpha value is -0.120. The van der Waals surface area contributed by atoms with Gasteiger partial charge in [-0.3, -0.25) is 0 Å². The predicted molar refractivity (Wildman–Crippen MR) is 71.0 cm³/mol. The highest BCUT2D eigenvalue weighted by molar-refractivity contribution is 4.94. The number of hydrogen-bond acceptors (Lipinski definition) is 3. The van der Waals surface area contributed by atoms with Crippen LogP contribution in [0.4, 0.5) is 0 Å². The fourth-order valence-corrected chi connectivity index (χ4v) is 3.49. The molecule has 0 bridgehead atoms. The number of hydrogen-bond donors (Lipinski definition) is 3. The fraction of sp³-hybridized carbons (Fsp3) is 1.00. The van der Waals surface area contributed by atoms with Crippen molar-refractivity contribution < 1.29 is 5.11 Å². The first kappa shape index (κ1) is 13.3. The summed E-state index contributed by atoms with van der Waals surface area (Å²) in [4.78, 5) is 0. The Labute approximate surface area is 105 Å². The zero-order valence-corrected chi connectivity index (χ0v) is 11.3. The van der Waals surface area contributed by atoms with Crippen LogP contribution >= 0.6 is 0 Å². The lowest BCUT2D eigenvalue weighted by Crippen LogP contribution is -2.49. The van der Waals surface area contributed by atoms with Gasteiger partial charge >= 0.3 is 0 Å². The molecule has 2 fully saturated rings. The van der Waals surface area contributed by atoms with Gasteiger partial charge in [0.15, 0.2) is 0 Å². The Morgan fingerprint density at radius 2 is 2.06 bits per heavy atom. The van der Waals surface area contributed by atoms with Crippen LogP contribution in [0.3, 0.4) is 0 Å². The number of nitrogens with one attached hydrogen (secondary N) is 2. The molecule has 0 aromatic rings. The van der Waals surface area contributed by atoms with E-state index in [1.54, 1.807) is 0 Å². The molecule has 100 valence electrons. The smallest absolute Gasteiger partial charge is 0.0587 e. The lowest BCUT2D eigenvalue weighted by Gasteiger charge is -2.31. The molecular formula is C14H28N2O. The molecule has 0 spiro atoms. The minimum atomic E-state index is 0.263. The second kappa shape index (κ2) is 6.17. The van der Waals surface area contributed by atoms with Gasteiger partial charge in [-0.25, -0.2) is 0 Å². The van der Waals surface area contributed by atoms with Gasteiger partial charge in [-0.15, -0.1) is 0 Å². The van der Waals surface area contributed by atoms with Crippen LogP contribution in [0.1, 0.15) is 46.0 Å². The van der Waals surface area contributed by atoms with E-state index in [1.807, 2.05) is 0 Å². The summed E-state index contributed by atoms with van der Waals surface area (Å²) in [6.07, 6.45) is 6.66. The van der Waals surface area contributed by atoms with Gasteiger partial charge < -0.3 is 15.7 Å². The molecule has 3 N–H and O–H groups in total. The Balaban J connectivity index is 1.89. The van der Waals surface area contributed by atoms with Crippen molar-refractivity contribution in [1.82, 2.24) is 10.6 Å². The lowest BCUT2D eigenvalue weighted by atomic mass is 9.91. The molecule has 1 saturated heterocycles. The molecule has 0 amide bonds. The van der Waals surface area contributed by atoms with Gasteiger partial charge in [0.25, 0.3) is 0 Å². The van der Waals surface area contributed by atoms with Crippen molar-refractivity contribution in [3.63, 3.8) is 0 Å². The molecule has 3 nitrogen and oxygen atoms in total. The second-order valence-corrected chi connectivity index (χ2v) is 6.10. The van der Waals surface area contributed by atoms with E-state index in [-0.39, 0.29) is 12.6 Å². The fourth-order valence-electron chi connectivity index (χ4n) is 3.49. The van der Waals surface area contributed by atoms with E-state index >= 15 is 0 Å². The monoisotopic (exact) mass is 240 g/mol. The van der Waals surface area contributed by atoms with E-state index in [2.05, 4.69) is 24.5 Å². The maximum Gasteiger partial charge on any atom is 0.0587 e. The van der Waals surface area contributed by atoms with Gasteiger partial charge in [0.05, 0.1) is 6.61 Å². The Morgan fingerprint density at radius 3 is 2.65 bits per heavy atom. The van der Waals surface area contributed by atoms with E-state index in [0.717, 1.165) is 12.0 Å². The van der Waals surface area contributed by atoms with Crippen LogP contribution < -0.4 is 10.6 Å². The van der Waals surface area contributed by atoms with Gasteiger partial charge in [-0.2, -0.15) is 0 Å². The summed E-state index contributed by atoms with van der Waals surface area (Å²) in [6.45, 7) is 5.83. The number of aliphatic hydroxyl groups is 1. The molecule has 2 rings (SSSR count). The Morgan fingerprint density at radius 1 is 1.24 bits per heavy atom. The summed E-state index contributed by atoms with van der Waals surface area (Å²) in [5.41, 5.74) is 0. The van der Waals surface area contributed by atoms with Crippen LogP contribution in [0.2, 0.25) is 0 Å². The molecule has 0 aromatic heterocycles. The molecule has 4 atom stereocenters. The number of rotatable bonds is 5. The highest BCUT2D eigenvalue weighted by Gasteiger charge is 2.35. The summed E-state index contributed by atoms with van der Waals surface area (Å²) in [5.74, 6) is 1.29. The summed E-state index contributed by atoms with van der Waals surface area (Å²) >= 11 is 0. The largest absolute Gasteiger partial charge is 0.395 e. The highest BCUT2D eigenvalue weighted by Crippen LogP contribution is 2.32. The van der Waals surface area contributed by atoms with Crippen molar-refractivity contribution in [1.29, 1.82) is 0 Å². The van der Waals surface area contributed by atoms with Crippen LogP contribution in [0.25, 0.3) is 0 Å². The zero-order valence-electron chi connectivity index (χ0n) is 11.3. The third-order valence-electron chi connectivity index (χ3n) is 4.61. The molecule has 0 radical (unpaired) electrons. The van der Waals surface area contributed by atoms with Crippen LogP contribution in [0.5, 0.6) is 0 Å². The molecule has 1 aliphatic carbocycles. The van der Waals surface area contributed by atoms with Gasteiger partial charge in [-0.05, 0) is 44.1 Å². The molecule has 1 aliphatic heterocycles. The molecule has 1 heterocycles. The summed E-state index contributed by atoms with van der Waals surface area (Å²) in [6, 6.07) is 1.61. The van der Waals surface area contributed by atoms with Crippen molar-refractivity contribution in [2.24, 2.45) is 11.8 Å². The van der Waals surface area contributed by atoms with Crippen LogP contribution in [-0.2, 0) is 0 Å². The molecule has 1 saturated carbocycles. The third-order valence-corrected chi connectivity index (χ3v) is 4.61. The third kappa shape index (κ3) is 3.21. The SMILES string of the molecule is CC(C)[C@@H](CO)NC1CCCC1C1CCCN1. The van der Waals surface area contributed by atoms with Crippen LogP contribution in [-0.4, -0.2) is 36.4 Å². The molecule has 3 heteroatoms.